The van der Waals surface area contributed by atoms with Crippen molar-refractivity contribution in [1.82, 2.24) is 10.3 Å². The topological polar surface area (TPSA) is 75.4 Å². The normalized spacial score (nSPS) is 14.5. The fourth-order valence-electron chi connectivity index (χ4n) is 1.66. The Morgan fingerprint density at radius 3 is 2.94 bits per heavy atom. The standard InChI is InChI=1S/C11H18N2O3S/c1-3-11(12-2,9(14)15)5-4-8-17-10-13-6-7-16-10/h6-7,12H,3-5,8H2,1-2H3,(H,14,15). The van der Waals surface area contributed by atoms with Crippen LogP contribution in [-0.2, 0) is 4.79 Å². The van der Waals surface area contributed by atoms with E-state index in [1.165, 1.54) is 18.0 Å². The number of aromatic nitrogens is 1. The number of rotatable bonds is 8. The van der Waals surface area contributed by atoms with E-state index in [9.17, 15) is 9.90 Å². The van der Waals surface area contributed by atoms with E-state index in [4.69, 9.17) is 4.42 Å². The molecule has 0 aliphatic carbocycles. The zero-order chi connectivity index (χ0) is 12.7. The van der Waals surface area contributed by atoms with Crippen LogP contribution in [0.1, 0.15) is 26.2 Å². The Bertz CT molecular complexity index is 336. The smallest absolute Gasteiger partial charge is 0.323 e. The van der Waals surface area contributed by atoms with Crippen molar-refractivity contribution < 1.29 is 14.3 Å². The summed E-state index contributed by atoms with van der Waals surface area (Å²) in [6.07, 6.45) is 5.10. The molecular formula is C11H18N2O3S. The number of carbonyl (C=O) groups is 1. The van der Waals surface area contributed by atoms with Crippen molar-refractivity contribution in [2.75, 3.05) is 12.8 Å². The third-order valence-electron chi connectivity index (χ3n) is 2.87. The molecular weight excluding hydrogens is 240 g/mol. The SMILES string of the molecule is CCC(CCCSc1ncco1)(NC)C(=O)O. The summed E-state index contributed by atoms with van der Waals surface area (Å²) >= 11 is 1.50. The highest BCUT2D eigenvalue weighted by Gasteiger charge is 2.33. The van der Waals surface area contributed by atoms with Crippen molar-refractivity contribution in [2.24, 2.45) is 0 Å². The molecule has 1 aromatic heterocycles. The Morgan fingerprint density at radius 1 is 1.71 bits per heavy atom. The number of hydrogen-bond acceptors (Lipinski definition) is 5. The minimum atomic E-state index is -0.808. The maximum absolute atomic E-state index is 11.2. The van der Waals surface area contributed by atoms with Gasteiger partial charge in [0.05, 0.1) is 6.20 Å². The number of aliphatic carboxylic acids is 1. The lowest BCUT2D eigenvalue weighted by Crippen LogP contribution is -2.49. The molecule has 0 aliphatic heterocycles. The quantitative estimate of drug-likeness (QED) is 0.548. The van der Waals surface area contributed by atoms with Crippen molar-refractivity contribution in [2.45, 2.75) is 36.9 Å². The fraction of sp³-hybridized carbons (Fsp3) is 0.636. The molecule has 96 valence electrons. The summed E-state index contributed by atoms with van der Waals surface area (Å²) in [6.45, 7) is 1.88. The van der Waals surface area contributed by atoms with Crippen LogP contribution >= 0.6 is 11.8 Å². The summed E-state index contributed by atoms with van der Waals surface area (Å²) in [5.74, 6) is 0.0145. The van der Waals surface area contributed by atoms with Gasteiger partial charge in [-0.15, -0.1) is 0 Å². The molecule has 1 aromatic rings. The molecule has 0 saturated carbocycles. The maximum Gasteiger partial charge on any atom is 0.323 e. The molecule has 5 nitrogen and oxygen atoms in total. The molecule has 1 unspecified atom stereocenters. The summed E-state index contributed by atoms with van der Waals surface area (Å²) in [5, 5.41) is 12.7. The monoisotopic (exact) mass is 258 g/mol. The number of nitrogens with zero attached hydrogens (tertiary/aromatic N) is 1. The van der Waals surface area contributed by atoms with E-state index in [0.29, 0.717) is 18.1 Å². The summed E-state index contributed by atoms with van der Waals surface area (Å²) in [6, 6.07) is 0. The molecule has 0 bridgehead atoms. The molecule has 0 spiro atoms. The first-order valence-electron chi connectivity index (χ1n) is 5.59. The van der Waals surface area contributed by atoms with Gasteiger partial charge in [0.2, 0.25) is 0 Å². The van der Waals surface area contributed by atoms with Crippen molar-refractivity contribution >= 4 is 17.7 Å². The Morgan fingerprint density at radius 2 is 2.47 bits per heavy atom. The Kier molecular flexibility index (Phi) is 5.50. The Labute approximate surface area is 105 Å². The van der Waals surface area contributed by atoms with Gasteiger partial charge in [-0.3, -0.25) is 4.79 Å². The number of carboxylic acid groups (broad SMARTS) is 1. The molecule has 0 radical (unpaired) electrons. The van der Waals surface area contributed by atoms with E-state index >= 15 is 0 Å². The van der Waals surface area contributed by atoms with Gasteiger partial charge in [-0.1, -0.05) is 18.7 Å². The molecule has 17 heavy (non-hydrogen) atoms. The number of likely N-dealkylation sites (N-methyl/N-ethyl adjacent to an activating group) is 1. The van der Waals surface area contributed by atoms with E-state index in [2.05, 4.69) is 10.3 Å². The van der Waals surface area contributed by atoms with Crippen LogP contribution in [0.25, 0.3) is 0 Å². The first-order valence-corrected chi connectivity index (χ1v) is 6.58. The van der Waals surface area contributed by atoms with Crippen LogP contribution in [0, 0.1) is 0 Å². The third kappa shape index (κ3) is 3.74. The van der Waals surface area contributed by atoms with Crippen molar-refractivity contribution in [1.29, 1.82) is 0 Å². The molecule has 0 saturated heterocycles. The second kappa shape index (κ2) is 6.66. The molecule has 1 heterocycles. The van der Waals surface area contributed by atoms with Crippen molar-refractivity contribution in [3.8, 4) is 0 Å². The second-order valence-electron chi connectivity index (χ2n) is 3.74. The average Bonchev–Trinajstić information content (AvgIpc) is 2.82. The predicted octanol–water partition coefficient (Wildman–Crippen LogP) is 2.00. The Balaban J connectivity index is 2.35. The first kappa shape index (κ1) is 14.1. The van der Waals surface area contributed by atoms with Gasteiger partial charge in [0.25, 0.3) is 5.22 Å². The summed E-state index contributed by atoms with van der Waals surface area (Å²) in [7, 11) is 1.69. The molecule has 1 atom stereocenters. The van der Waals surface area contributed by atoms with Crippen LogP contribution in [0.2, 0.25) is 0 Å². The molecule has 1 rings (SSSR count). The summed E-state index contributed by atoms with van der Waals surface area (Å²) < 4.78 is 5.09. The number of thioether (sulfide) groups is 1. The third-order valence-corrected chi connectivity index (χ3v) is 3.82. The van der Waals surface area contributed by atoms with Crippen LogP contribution in [0.3, 0.4) is 0 Å². The average molecular weight is 258 g/mol. The van der Waals surface area contributed by atoms with Gasteiger partial charge in [-0.25, -0.2) is 4.98 Å². The molecule has 0 amide bonds. The number of carboxylic acids is 1. The van der Waals surface area contributed by atoms with Gasteiger partial charge in [-0.05, 0) is 26.3 Å². The van der Waals surface area contributed by atoms with Gasteiger partial charge in [0.1, 0.15) is 11.8 Å². The van der Waals surface area contributed by atoms with Crippen LogP contribution in [0.4, 0.5) is 0 Å². The maximum atomic E-state index is 11.2. The Hall–Kier alpha value is -1.01. The zero-order valence-electron chi connectivity index (χ0n) is 10.1. The van der Waals surface area contributed by atoms with Gasteiger partial charge < -0.3 is 14.8 Å². The number of nitrogens with one attached hydrogen (secondary N) is 1. The van der Waals surface area contributed by atoms with Crippen LogP contribution < -0.4 is 5.32 Å². The van der Waals surface area contributed by atoms with E-state index in [-0.39, 0.29) is 0 Å². The molecule has 0 aliphatic rings. The molecule has 2 N–H and O–H groups in total. The van der Waals surface area contributed by atoms with Crippen LogP contribution in [-0.4, -0.2) is 34.4 Å². The minimum Gasteiger partial charge on any atom is -0.480 e. The second-order valence-corrected chi connectivity index (χ2v) is 4.79. The van der Waals surface area contributed by atoms with Crippen LogP contribution in [0.15, 0.2) is 22.1 Å². The van der Waals surface area contributed by atoms with Gasteiger partial charge in [-0.2, -0.15) is 0 Å². The highest BCUT2D eigenvalue weighted by atomic mass is 32.2. The van der Waals surface area contributed by atoms with Crippen molar-refractivity contribution in [3.05, 3.63) is 12.5 Å². The van der Waals surface area contributed by atoms with Gasteiger partial charge in [0, 0.05) is 5.75 Å². The minimum absolute atomic E-state index is 0.572. The van der Waals surface area contributed by atoms with E-state index in [1.807, 2.05) is 6.92 Å². The lowest BCUT2D eigenvalue weighted by molar-refractivity contribution is -0.145. The summed E-state index contributed by atoms with van der Waals surface area (Å²) in [5.41, 5.74) is -0.808. The van der Waals surface area contributed by atoms with Gasteiger partial charge >= 0.3 is 5.97 Å². The van der Waals surface area contributed by atoms with E-state index < -0.39 is 11.5 Å². The number of hydrogen-bond donors (Lipinski definition) is 2. The van der Waals surface area contributed by atoms with Crippen LogP contribution in [0.5, 0.6) is 0 Å². The molecule has 0 aromatic carbocycles. The van der Waals surface area contributed by atoms with Crippen molar-refractivity contribution in [3.63, 3.8) is 0 Å². The highest BCUT2D eigenvalue weighted by molar-refractivity contribution is 7.99. The molecule has 0 fully saturated rings. The zero-order valence-corrected chi connectivity index (χ0v) is 10.9. The summed E-state index contributed by atoms with van der Waals surface area (Å²) in [4.78, 5) is 15.2. The largest absolute Gasteiger partial charge is 0.480 e. The van der Waals surface area contributed by atoms with E-state index in [0.717, 1.165) is 12.2 Å². The predicted molar refractivity (Wildman–Crippen MR) is 66.2 cm³/mol. The fourth-order valence-corrected chi connectivity index (χ4v) is 2.38. The van der Waals surface area contributed by atoms with Gasteiger partial charge in [0.15, 0.2) is 0 Å². The first-order chi connectivity index (χ1) is 8.14. The molecule has 6 heteroatoms. The lowest BCUT2D eigenvalue weighted by atomic mass is 9.91. The number of oxazole rings is 1. The van der Waals surface area contributed by atoms with E-state index in [1.54, 1.807) is 13.2 Å². The lowest BCUT2D eigenvalue weighted by Gasteiger charge is -2.27. The highest BCUT2D eigenvalue weighted by Crippen LogP contribution is 2.22.